The first-order valence-electron chi connectivity index (χ1n) is 6.16. The summed E-state index contributed by atoms with van der Waals surface area (Å²) in [5, 5.41) is 7.26. The van der Waals surface area contributed by atoms with Gasteiger partial charge in [-0.2, -0.15) is 0 Å². The predicted molar refractivity (Wildman–Crippen MR) is 71.5 cm³/mol. The third-order valence-electron chi connectivity index (χ3n) is 2.65. The lowest BCUT2D eigenvalue weighted by Gasteiger charge is -2.14. The molecule has 1 unspecified atom stereocenters. The summed E-state index contributed by atoms with van der Waals surface area (Å²) in [7, 11) is 1.37. The molecule has 0 saturated heterocycles. The van der Waals surface area contributed by atoms with E-state index in [2.05, 4.69) is 16.0 Å². The van der Waals surface area contributed by atoms with Crippen molar-refractivity contribution in [3.05, 3.63) is 29.3 Å². The zero-order valence-corrected chi connectivity index (χ0v) is 11.5. The molecule has 20 heavy (non-hydrogen) atoms. The van der Waals surface area contributed by atoms with Crippen LogP contribution in [0.5, 0.6) is 0 Å². The number of benzene rings is 1. The Morgan fingerprint density at radius 2 is 1.80 bits per heavy atom. The second-order valence-corrected chi connectivity index (χ2v) is 4.15. The highest BCUT2D eigenvalue weighted by atomic mass is 19.1. The Morgan fingerprint density at radius 3 is 2.25 bits per heavy atom. The van der Waals surface area contributed by atoms with E-state index in [1.165, 1.54) is 14.0 Å². The quantitative estimate of drug-likeness (QED) is 0.763. The molecule has 0 aliphatic rings. The van der Waals surface area contributed by atoms with Gasteiger partial charge in [0.2, 0.25) is 5.91 Å². The molecule has 1 aromatic rings. The fourth-order valence-corrected chi connectivity index (χ4v) is 1.62. The molecule has 2 amide bonds. The fourth-order valence-electron chi connectivity index (χ4n) is 1.62. The van der Waals surface area contributed by atoms with Crippen LogP contribution in [0.25, 0.3) is 0 Å². The summed E-state index contributed by atoms with van der Waals surface area (Å²) in [6.07, 6.45) is 0. The first kappa shape index (κ1) is 15.9. The lowest BCUT2D eigenvalue weighted by Crippen LogP contribution is -2.44. The number of rotatable bonds is 5. The summed E-state index contributed by atoms with van der Waals surface area (Å²) in [6.45, 7) is 3.66. The van der Waals surface area contributed by atoms with Gasteiger partial charge in [0.25, 0.3) is 5.91 Å². The van der Waals surface area contributed by atoms with E-state index in [1.54, 1.807) is 6.92 Å². The molecule has 0 aliphatic carbocycles. The fraction of sp³-hybridized carbons (Fsp3) is 0.385. The van der Waals surface area contributed by atoms with Crippen LogP contribution < -0.4 is 16.0 Å². The van der Waals surface area contributed by atoms with Crippen LogP contribution in [-0.2, 0) is 4.79 Å². The first-order valence-corrected chi connectivity index (χ1v) is 6.16. The summed E-state index contributed by atoms with van der Waals surface area (Å²) in [4.78, 5) is 23.3. The Kier molecular flexibility index (Phi) is 5.42. The Bertz CT molecular complexity index is 497. The molecule has 0 aliphatic heterocycles. The van der Waals surface area contributed by atoms with Crippen molar-refractivity contribution in [2.24, 2.45) is 0 Å². The molecule has 0 spiro atoms. The largest absolute Gasteiger partial charge is 0.383 e. The number of hydrogen-bond acceptors (Lipinski definition) is 3. The molecule has 1 atom stereocenters. The highest BCUT2D eigenvalue weighted by Gasteiger charge is 2.18. The van der Waals surface area contributed by atoms with E-state index in [9.17, 15) is 18.4 Å². The average Bonchev–Trinajstić information content (AvgIpc) is 2.38. The van der Waals surface area contributed by atoms with Gasteiger partial charge >= 0.3 is 0 Å². The van der Waals surface area contributed by atoms with Crippen molar-refractivity contribution in [1.82, 2.24) is 10.6 Å². The van der Waals surface area contributed by atoms with Crippen molar-refractivity contribution in [3.63, 3.8) is 0 Å². The summed E-state index contributed by atoms with van der Waals surface area (Å²) in [5.74, 6) is -2.83. The van der Waals surface area contributed by atoms with E-state index in [4.69, 9.17) is 0 Å². The SMILES string of the molecule is CCNC(=O)C(C)NC(=O)c1cc(F)c(NC)c(F)c1. The van der Waals surface area contributed by atoms with E-state index < -0.39 is 23.6 Å². The average molecular weight is 285 g/mol. The third-order valence-corrected chi connectivity index (χ3v) is 2.65. The van der Waals surface area contributed by atoms with E-state index in [-0.39, 0.29) is 17.2 Å². The molecule has 0 saturated carbocycles. The summed E-state index contributed by atoms with van der Waals surface area (Å²) in [6, 6.07) is 1.03. The lowest BCUT2D eigenvalue weighted by atomic mass is 10.1. The van der Waals surface area contributed by atoms with E-state index in [0.717, 1.165) is 12.1 Å². The number of anilines is 1. The topological polar surface area (TPSA) is 70.2 Å². The smallest absolute Gasteiger partial charge is 0.252 e. The van der Waals surface area contributed by atoms with Crippen LogP contribution in [0.1, 0.15) is 24.2 Å². The number of carbonyl (C=O) groups excluding carboxylic acids is 2. The highest BCUT2D eigenvalue weighted by molar-refractivity contribution is 5.97. The molecule has 7 heteroatoms. The number of nitrogens with one attached hydrogen (secondary N) is 3. The number of halogens is 2. The van der Waals surface area contributed by atoms with E-state index in [1.807, 2.05) is 0 Å². The van der Waals surface area contributed by atoms with E-state index >= 15 is 0 Å². The standard InChI is InChI=1S/C13H17F2N3O2/c1-4-17-12(19)7(2)18-13(20)8-5-9(14)11(16-3)10(15)6-8/h5-7,16H,4H2,1-3H3,(H,17,19)(H,18,20). The van der Waals surface area contributed by atoms with Crippen LogP contribution in [0.2, 0.25) is 0 Å². The van der Waals surface area contributed by atoms with E-state index in [0.29, 0.717) is 6.54 Å². The maximum absolute atomic E-state index is 13.5. The molecule has 1 aromatic carbocycles. The second-order valence-electron chi connectivity index (χ2n) is 4.15. The number of amides is 2. The van der Waals surface area contributed by atoms with Gasteiger partial charge in [0, 0.05) is 19.2 Å². The molecule has 3 N–H and O–H groups in total. The van der Waals surface area contributed by atoms with Crippen LogP contribution in [-0.4, -0.2) is 31.4 Å². The van der Waals surface area contributed by atoms with Gasteiger partial charge in [0.05, 0.1) is 0 Å². The van der Waals surface area contributed by atoms with Crippen LogP contribution in [0.3, 0.4) is 0 Å². The Hall–Kier alpha value is -2.18. The van der Waals surface area contributed by atoms with Crippen LogP contribution in [0, 0.1) is 11.6 Å². The molecular formula is C13H17F2N3O2. The van der Waals surface area contributed by atoms with Gasteiger partial charge in [-0.15, -0.1) is 0 Å². The summed E-state index contributed by atoms with van der Waals surface area (Å²) < 4.78 is 27.1. The van der Waals surface area contributed by atoms with Crippen LogP contribution in [0.15, 0.2) is 12.1 Å². The molecule has 0 aromatic heterocycles. The van der Waals surface area contributed by atoms with Crippen molar-refractivity contribution >= 4 is 17.5 Å². The molecule has 110 valence electrons. The second kappa shape index (κ2) is 6.83. The van der Waals surface area contributed by atoms with Gasteiger partial charge in [-0.1, -0.05) is 0 Å². The molecular weight excluding hydrogens is 268 g/mol. The Labute approximate surface area is 115 Å². The third kappa shape index (κ3) is 3.66. The molecule has 0 radical (unpaired) electrons. The zero-order chi connectivity index (χ0) is 15.3. The maximum Gasteiger partial charge on any atom is 0.252 e. The minimum atomic E-state index is -0.872. The molecule has 5 nitrogen and oxygen atoms in total. The van der Waals surface area contributed by atoms with Crippen molar-refractivity contribution < 1.29 is 18.4 Å². The minimum absolute atomic E-state index is 0.185. The van der Waals surface area contributed by atoms with Gasteiger partial charge in [-0.05, 0) is 26.0 Å². The van der Waals surface area contributed by atoms with Crippen LogP contribution in [0.4, 0.5) is 14.5 Å². The zero-order valence-electron chi connectivity index (χ0n) is 11.5. The van der Waals surface area contributed by atoms with Gasteiger partial charge in [-0.25, -0.2) is 8.78 Å². The van der Waals surface area contributed by atoms with Gasteiger partial charge < -0.3 is 16.0 Å². The normalized spacial score (nSPS) is 11.7. The number of likely N-dealkylation sites (N-methyl/N-ethyl adjacent to an activating group) is 1. The summed E-state index contributed by atoms with van der Waals surface area (Å²) in [5.41, 5.74) is -0.492. The van der Waals surface area contributed by atoms with Gasteiger partial charge in [0.1, 0.15) is 23.4 Å². The monoisotopic (exact) mass is 285 g/mol. The molecule has 0 bridgehead atoms. The minimum Gasteiger partial charge on any atom is -0.383 e. The van der Waals surface area contributed by atoms with Crippen molar-refractivity contribution in [1.29, 1.82) is 0 Å². The van der Waals surface area contributed by atoms with Crippen molar-refractivity contribution in [2.75, 3.05) is 18.9 Å². The molecule has 1 rings (SSSR count). The van der Waals surface area contributed by atoms with Gasteiger partial charge in [-0.3, -0.25) is 9.59 Å². The number of hydrogen-bond donors (Lipinski definition) is 3. The Morgan fingerprint density at radius 1 is 1.25 bits per heavy atom. The summed E-state index contributed by atoms with van der Waals surface area (Å²) >= 11 is 0. The maximum atomic E-state index is 13.5. The Balaban J connectivity index is 2.86. The van der Waals surface area contributed by atoms with Crippen molar-refractivity contribution in [2.45, 2.75) is 19.9 Å². The number of carbonyl (C=O) groups is 2. The first-order chi connectivity index (χ1) is 9.40. The van der Waals surface area contributed by atoms with Gasteiger partial charge in [0.15, 0.2) is 0 Å². The lowest BCUT2D eigenvalue weighted by molar-refractivity contribution is -0.122. The molecule has 0 fully saturated rings. The van der Waals surface area contributed by atoms with Crippen molar-refractivity contribution in [3.8, 4) is 0 Å². The predicted octanol–water partition coefficient (Wildman–Crippen LogP) is 1.26. The van der Waals surface area contributed by atoms with Crippen LogP contribution >= 0.6 is 0 Å². The molecule has 0 heterocycles. The highest BCUT2D eigenvalue weighted by Crippen LogP contribution is 2.20.